The summed E-state index contributed by atoms with van der Waals surface area (Å²) < 4.78 is 5.13. The van der Waals surface area contributed by atoms with Crippen LogP contribution in [0.5, 0.6) is 0 Å². The molecule has 1 N–H and O–H groups in total. The molecule has 3 nitrogen and oxygen atoms in total. The molecule has 0 aliphatic rings. The van der Waals surface area contributed by atoms with Crippen molar-refractivity contribution in [2.75, 3.05) is 6.61 Å². The number of carbonyl (C=O) groups excluding carboxylic acids is 1. The van der Waals surface area contributed by atoms with Crippen molar-refractivity contribution in [2.45, 2.75) is 111 Å². The van der Waals surface area contributed by atoms with Crippen LogP contribution in [-0.2, 0) is 9.53 Å². The van der Waals surface area contributed by atoms with Gasteiger partial charge in [-0.05, 0) is 52.9 Å². The minimum atomic E-state index is -0.533. The van der Waals surface area contributed by atoms with Crippen LogP contribution >= 0.6 is 0 Å². The highest BCUT2D eigenvalue weighted by atomic mass is 16.5. The van der Waals surface area contributed by atoms with Gasteiger partial charge in [-0.1, -0.05) is 64.0 Å². The molecule has 0 spiro atoms. The highest BCUT2D eigenvalue weighted by Crippen LogP contribution is 2.16. The standard InChI is InChI=1S/C22H42O3/c1-5-6-7-8-9-10-11-12-13-14-15-16-17-18-20(23)19-25-21(24)22(2,3)4/h12-13,20,23H,5-11,14-19H2,1-4H3/b13-12-/t20-/m1/s1. The van der Waals surface area contributed by atoms with E-state index in [-0.39, 0.29) is 12.6 Å². The van der Waals surface area contributed by atoms with Crippen LogP contribution in [0.4, 0.5) is 0 Å². The summed E-state index contributed by atoms with van der Waals surface area (Å²) in [4.78, 5) is 11.6. The Hall–Kier alpha value is -0.830. The van der Waals surface area contributed by atoms with Gasteiger partial charge in [-0.25, -0.2) is 0 Å². The molecule has 0 saturated heterocycles. The third-order valence-electron chi connectivity index (χ3n) is 4.32. The summed E-state index contributed by atoms with van der Waals surface area (Å²) in [7, 11) is 0. The minimum Gasteiger partial charge on any atom is -0.463 e. The van der Waals surface area contributed by atoms with Gasteiger partial charge >= 0.3 is 5.97 Å². The molecule has 0 aliphatic carbocycles. The lowest BCUT2D eigenvalue weighted by Gasteiger charge is -2.18. The third-order valence-corrected chi connectivity index (χ3v) is 4.32. The van der Waals surface area contributed by atoms with Gasteiger partial charge in [0.25, 0.3) is 0 Å². The van der Waals surface area contributed by atoms with Gasteiger partial charge < -0.3 is 9.84 Å². The first-order valence-electron chi connectivity index (χ1n) is 10.4. The summed E-state index contributed by atoms with van der Waals surface area (Å²) in [6.07, 6.45) is 18.6. The second kappa shape index (κ2) is 15.4. The summed E-state index contributed by atoms with van der Waals surface area (Å²) in [5.41, 5.74) is -0.498. The summed E-state index contributed by atoms with van der Waals surface area (Å²) in [5, 5.41) is 9.85. The van der Waals surface area contributed by atoms with Crippen molar-refractivity contribution in [1.29, 1.82) is 0 Å². The fraction of sp³-hybridized carbons (Fsp3) is 0.864. The second-order valence-corrected chi connectivity index (χ2v) is 8.17. The molecule has 0 aromatic carbocycles. The van der Waals surface area contributed by atoms with Gasteiger partial charge in [0.1, 0.15) is 6.61 Å². The minimum absolute atomic E-state index is 0.119. The molecule has 0 amide bonds. The van der Waals surface area contributed by atoms with Crippen LogP contribution in [-0.4, -0.2) is 23.8 Å². The molecule has 0 aliphatic heterocycles. The zero-order valence-corrected chi connectivity index (χ0v) is 17.2. The van der Waals surface area contributed by atoms with E-state index in [1.165, 1.54) is 51.4 Å². The number of esters is 1. The SMILES string of the molecule is CCCCCCCC/C=C\CCCCC[C@@H](O)COC(=O)C(C)(C)C. The Balaban J connectivity index is 3.40. The number of unbranched alkanes of at least 4 members (excludes halogenated alkanes) is 9. The van der Waals surface area contributed by atoms with Crippen molar-refractivity contribution in [2.24, 2.45) is 5.41 Å². The fourth-order valence-corrected chi connectivity index (χ4v) is 2.57. The zero-order valence-electron chi connectivity index (χ0n) is 17.2. The molecule has 0 bridgehead atoms. The van der Waals surface area contributed by atoms with Crippen LogP contribution in [0.1, 0.15) is 105 Å². The van der Waals surface area contributed by atoms with E-state index in [4.69, 9.17) is 4.74 Å². The zero-order chi connectivity index (χ0) is 19.0. The summed E-state index contributed by atoms with van der Waals surface area (Å²) in [6, 6.07) is 0. The lowest BCUT2D eigenvalue weighted by atomic mass is 9.97. The highest BCUT2D eigenvalue weighted by molar-refractivity contribution is 5.75. The molecule has 0 aromatic heterocycles. The van der Waals surface area contributed by atoms with Gasteiger partial charge in [0, 0.05) is 0 Å². The summed E-state index contributed by atoms with van der Waals surface area (Å²) >= 11 is 0. The Kier molecular flexibility index (Phi) is 14.9. The maximum Gasteiger partial charge on any atom is 0.311 e. The van der Waals surface area contributed by atoms with E-state index in [0.29, 0.717) is 6.42 Å². The molecule has 3 heteroatoms. The fourth-order valence-electron chi connectivity index (χ4n) is 2.57. The van der Waals surface area contributed by atoms with Crippen LogP contribution in [0.25, 0.3) is 0 Å². The van der Waals surface area contributed by atoms with E-state index in [9.17, 15) is 9.90 Å². The number of hydrogen-bond acceptors (Lipinski definition) is 3. The first-order valence-corrected chi connectivity index (χ1v) is 10.4. The van der Waals surface area contributed by atoms with Crippen molar-refractivity contribution in [3.63, 3.8) is 0 Å². The molecule has 0 rings (SSSR count). The number of carbonyl (C=O) groups is 1. The van der Waals surface area contributed by atoms with E-state index in [2.05, 4.69) is 19.1 Å². The summed E-state index contributed by atoms with van der Waals surface area (Å²) in [6.45, 7) is 7.84. The van der Waals surface area contributed by atoms with Crippen LogP contribution in [0, 0.1) is 5.41 Å². The average Bonchev–Trinajstić information content (AvgIpc) is 2.56. The van der Waals surface area contributed by atoms with Gasteiger partial charge in [0.2, 0.25) is 0 Å². The normalized spacial score (nSPS) is 13.3. The second-order valence-electron chi connectivity index (χ2n) is 8.17. The molecular weight excluding hydrogens is 312 g/mol. The quantitative estimate of drug-likeness (QED) is 0.216. The molecular formula is C22H42O3. The predicted octanol–water partition coefficient (Wildman–Crippen LogP) is 6.19. The monoisotopic (exact) mass is 354 g/mol. The Morgan fingerprint density at radius 1 is 0.920 bits per heavy atom. The molecule has 0 heterocycles. The molecule has 0 saturated carbocycles. The number of aliphatic hydroxyl groups is 1. The largest absolute Gasteiger partial charge is 0.463 e. The van der Waals surface area contributed by atoms with Crippen molar-refractivity contribution < 1.29 is 14.6 Å². The predicted molar refractivity (Wildman–Crippen MR) is 107 cm³/mol. The lowest BCUT2D eigenvalue weighted by Crippen LogP contribution is -2.27. The number of aliphatic hydroxyl groups excluding tert-OH is 1. The Labute approximate surface area is 156 Å². The number of hydrogen-bond donors (Lipinski definition) is 1. The van der Waals surface area contributed by atoms with Crippen LogP contribution in [0.2, 0.25) is 0 Å². The third kappa shape index (κ3) is 16.4. The smallest absolute Gasteiger partial charge is 0.311 e. The Bertz CT molecular complexity index is 342. The van der Waals surface area contributed by atoms with Gasteiger partial charge in [-0.2, -0.15) is 0 Å². The lowest BCUT2D eigenvalue weighted by molar-refractivity contribution is -0.156. The van der Waals surface area contributed by atoms with E-state index < -0.39 is 11.5 Å². The van der Waals surface area contributed by atoms with Crippen LogP contribution in [0.15, 0.2) is 12.2 Å². The van der Waals surface area contributed by atoms with E-state index in [1.54, 1.807) is 0 Å². The molecule has 148 valence electrons. The van der Waals surface area contributed by atoms with Gasteiger partial charge in [0.05, 0.1) is 11.5 Å². The molecule has 0 radical (unpaired) electrons. The maximum atomic E-state index is 11.6. The molecule has 0 fully saturated rings. The number of rotatable bonds is 15. The van der Waals surface area contributed by atoms with Crippen molar-refractivity contribution >= 4 is 5.97 Å². The van der Waals surface area contributed by atoms with Crippen molar-refractivity contribution in [3.8, 4) is 0 Å². The van der Waals surface area contributed by atoms with Crippen LogP contribution < -0.4 is 0 Å². The number of allylic oxidation sites excluding steroid dienone is 2. The highest BCUT2D eigenvalue weighted by Gasteiger charge is 2.23. The average molecular weight is 355 g/mol. The molecule has 25 heavy (non-hydrogen) atoms. The first-order chi connectivity index (χ1) is 11.9. The van der Waals surface area contributed by atoms with E-state index in [0.717, 1.165) is 19.3 Å². The first kappa shape index (κ1) is 24.2. The van der Waals surface area contributed by atoms with Gasteiger partial charge in [0.15, 0.2) is 0 Å². The van der Waals surface area contributed by atoms with Crippen LogP contribution in [0.3, 0.4) is 0 Å². The Morgan fingerprint density at radius 2 is 1.44 bits per heavy atom. The number of ether oxygens (including phenoxy) is 1. The van der Waals surface area contributed by atoms with E-state index >= 15 is 0 Å². The van der Waals surface area contributed by atoms with Crippen molar-refractivity contribution in [1.82, 2.24) is 0 Å². The topological polar surface area (TPSA) is 46.5 Å². The Morgan fingerprint density at radius 3 is 2.00 bits per heavy atom. The summed E-state index contributed by atoms with van der Waals surface area (Å²) in [5.74, 6) is -0.248. The maximum absolute atomic E-state index is 11.6. The molecule has 0 unspecified atom stereocenters. The van der Waals surface area contributed by atoms with Gasteiger partial charge in [-0.15, -0.1) is 0 Å². The molecule has 1 atom stereocenters. The molecule has 0 aromatic rings. The van der Waals surface area contributed by atoms with Gasteiger partial charge in [-0.3, -0.25) is 4.79 Å². The van der Waals surface area contributed by atoms with Crippen molar-refractivity contribution in [3.05, 3.63) is 12.2 Å². The van der Waals surface area contributed by atoms with E-state index in [1.807, 2.05) is 20.8 Å².